The van der Waals surface area contributed by atoms with E-state index in [2.05, 4.69) is 77.2 Å². The summed E-state index contributed by atoms with van der Waals surface area (Å²) in [6, 6.07) is 10.6. The van der Waals surface area contributed by atoms with Crippen LogP contribution < -0.4 is 5.32 Å². The third kappa shape index (κ3) is 6.54. The van der Waals surface area contributed by atoms with E-state index in [0.29, 0.717) is 35.9 Å². The molecule has 8 atom stereocenters. The zero-order chi connectivity index (χ0) is 36.3. The predicted molar refractivity (Wildman–Crippen MR) is 198 cm³/mol. The molecule has 4 saturated carbocycles. The van der Waals surface area contributed by atoms with Crippen molar-refractivity contribution < 1.29 is 24.2 Å². The number of nitrogens with one attached hydrogen (secondary N) is 1. The number of fused-ring (bicyclic) bond motifs is 7. The second-order valence-corrected chi connectivity index (χ2v) is 19.5. The summed E-state index contributed by atoms with van der Waals surface area (Å²) >= 11 is 0. The SMILES string of the molecule is CC(C)C1=C2C3CCC4C(C)(CCC5C(C)(C)C(OC(=O)CC(C)(C)CC(=O)O)CCC54C)C3CCC2(CCNCc2ccccc2)CC1=O. The number of benzene rings is 1. The van der Waals surface area contributed by atoms with Crippen LogP contribution in [0.25, 0.3) is 0 Å². The molecular formula is C44H65NO5. The highest BCUT2D eigenvalue weighted by atomic mass is 16.5. The maximum absolute atomic E-state index is 13.9. The van der Waals surface area contributed by atoms with Crippen LogP contribution in [-0.4, -0.2) is 35.5 Å². The molecule has 6 rings (SSSR count). The summed E-state index contributed by atoms with van der Waals surface area (Å²) in [4.78, 5) is 38.4. The molecule has 2 N–H and O–H groups in total. The minimum atomic E-state index is -0.882. The van der Waals surface area contributed by atoms with Crippen LogP contribution in [0.5, 0.6) is 0 Å². The molecule has 1 aromatic carbocycles. The topological polar surface area (TPSA) is 92.7 Å². The molecule has 0 spiro atoms. The number of allylic oxidation sites excluding steroid dienone is 2. The largest absolute Gasteiger partial charge is 0.481 e. The van der Waals surface area contributed by atoms with Crippen LogP contribution in [0.1, 0.15) is 138 Å². The summed E-state index contributed by atoms with van der Waals surface area (Å²) in [5, 5.41) is 13.1. The predicted octanol–water partition coefficient (Wildman–Crippen LogP) is 9.56. The van der Waals surface area contributed by atoms with Gasteiger partial charge in [-0.3, -0.25) is 14.4 Å². The number of esters is 1. The number of carboxylic acids is 1. The number of aliphatic carboxylic acids is 1. The molecule has 50 heavy (non-hydrogen) atoms. The molecule has 0 radical (unpaired) electrons. The lowest BCUT2D eigenvalue weighted by Gasteiger charge is -2.69. The normalized spacial score (nSPS) is 36.3. The van der Waals surface area contributed by atoms with Crippen LogP contribution in [0.15, 0.2) is 41.5 Å². The summed E-state index contributed by atoms with van der Waals surface area (Å²) in [5.41, 5.74) is 3.68. The van der Waals surface area contributed by atoms with Gasteiger partial charge in [-0.1, -0.05) is 91.3 Å². The lowest BCUT2D eigenvalue weighted by atomic mass is 9.36. The van der Waals surface area contributed by atoms with E-state index in [9.17, 15) is 19.5 Å². The molecule has 0 bridgehead atoms. The molecule has 0 aliphatic heterocycles. The van der Waals surface area contributed by atoms with E-state index in [1.807, 2.05) is 13.8 Å². The smallest absolute Gasteiger partial charge is 0.306 e. The van der Waals surface area contributed by atoms with E-state index in [1.165, 1.54) is 36.8 Å². The molecule has 5 aliphatic rings. The monoisotopic (exact) mass is 687 g/mol. The zero-order valence-corrected chi connectivity index (χ0v) is 32.3. The van der Waals surface area contributed by atoms with Crippen LogP contribution in [0.4, 0.5) is 0 Å². The molecule has 8 unspecified atom stereocenters. The van der Waals surface area contributed by atoms with Crippen LogP contribution >= 0.6 is 0 Å². The first-order valence-electron chi connectivity index (χ1n) is 19.9. The Morgan fingerprint density at radius 1 is 0.920 bits per heavy atom. The van der Waals surface area contributed by atoms with Crippen LogP contribution in [0.2, 0.25) is 0 Å². The molecule has 0 amide bonds. The first kappa shape index (κ1) is 37.3. The number of rotatable bonds is 11. The average Bonchev–Trinajstić information content (AvgIpc) is 3.32. The van der Waals surface area contributed by atoms with Gasteiger partial charge in [0.2, 0.25) is 0 Å². The summed E-state index contributed by atoms with van der Waals surface area (Å²) in [6.45, 7) is 19.8. The Morgan fingerprint density at radius 2 is 1.62 bits per heavy atom. The molecule has 6 heteroatoms. The van der Waals surface area contributed by atoms with Crippen LogP contribution in [0, 0.1) is 56.7 Å². The number of hydrogen-bond acceptors (Lipinski definition) is 5. The van der Waals surface area contributed by atoms with Crippen LogP contribution in [-0.2, 0) is 25.7 Å². The van der Waals surface area contributed by atoms with Gasteiger partial charge in [-0.25, -0.2) is 0 Å². The van der Waals surface area contributed by atoms with Crippen molar-refractivity contribution >= 4 is 17.7 Å². The Balaban J connectivity index is 1.20. The van der Waals surface area contributed by atoms with Crippen LogP contribution in [0.3, 0.4) is 0 Å². The van der Waals surface area contributed by atoms with Gasteiger partial charge in [0.05, 0.1) is 12.8 Å². The van der Waals surface area contributed by atoms with Crippen molar-refractivity contribution in [1.29, 1.82) is 0 Å². The van der Waals surface area contributed by atoms with Gasteiger partial charge in [-0.15, -0.1) is 0 Å². The molecule has 0 aromatic heterocycles. The van der Waals surface area contributed by atoms with E-state index < -0.39 is 11.4 Å². The number of carboxylic acid groups (broad SMARTS) is 1. The third-order valence-electron chi connectivity index (χ3n) is 15.2. The minimum absolute atomic E-state index is 0.00873. The van der Waals surface area contributed by atoms with Gasteiger partial charge in [0.25, 0.3) is 0 Å². The van der Waals surface area contributed by atoms with E-state index >= 15 is 0 Å². The van der Waals surface area contributed by atoms with E-state index in [4.69, 9.17) is 4.74 Å². The van der Waals surface area contributed by atoms with Crippen molar-refractivity contribution in [3.63, 3.8) is 0 Å². The Kier molecular flexibility index (Phi) is 10.1. The zero-order valence-electron chi connectivity index (χ0n) is 32.3. The van der Waals surface area contributed by atoms with E-state index in [1.54, 1.807) is 5.57 Å². The van der Waals surface area contributed by atoms with Crippen molar-refractivity contribution in [3.05, 3.63) is 47.0 Å². The minimum Gasteiger partial charge on any atom is -0.481 e. The Bertz CT molecular complexity index is 1490. The van der Waals surface area contributed by atoms with Crippen molar-refractivity contribution in [3.8, 4) is 0 Å². The molecule has 6 nitrogen and oxygen atoms in total. The highest BCUT2D eigenvalue weighted by Gasteiger charge is 2.66. The number of ketones is 1. The van der Waals surface area contributed by atoms with E-state index in [0.717, 1.165) is 45.2 Å². The molecule has 0 heterocycles. The van der Waals surface area contributed by atoms with Gasteiger partial charge in [-0.2, -0.15) is 0 Å². The summed E-state index contributed by atoms with van der Waals surface area (Å²) in [5.74, 6) is 1.72. The first-order chi connectivity index (χ1) is 23.4. The fourth-order valence-electron chi connectivity index (χ4n) is 13.1. The summed E-state index contributed by atoms with van der Waals surface area (Å²) in [6.07, 6.45) is 10.7. The summed E-state index contributed by atoms with van der Waals surface area (Å²) < 4.78 is 6.26. The lowest BCUT2D eigenvalue weighted by molar-refractivity contribution is -0.213. The molecular weight excluding hydrogens is 622 g/mol. The first-order valence-corrected chi connectivity index (χ1v) is 19.9. The number of ether oxygens (including phenoxy) is 1. The van der Waals surface area contributed by atoms with Gasteiger partial charge in [0, 0.05) is 23.8 Å². The number of hydrogen-bond donors (Lipinski definition) is 2. The fourth-order valence-corrected chi connectivity index (χ4v) is 13.1. The Morgan fingerprint density at radius 3 is 2.30 bits per heavy atom. The summed E-state index contributed by atoms with van der Waals surface area (Å²) in [7, 11) is 0. The Labute approximate surface area is 302 Å². The molecule has 1 aromatic rings. The highest BCUT2D eigenvalue weighted by Crippen LogP contribution is 2.73. The number of Topliss-reactive ketones (excluding diaryl/α,β-unsaturated/α-hetero) is 1. The molecule has 0 saturated heterocycles. The maximum Gasteiger partial charge on any atom is 0.306 e. The van der Waals surface area contributed by atoms with Gasteiger partial charge < -0.3 is 15.2 Å². The Hall–Kier alpha value is -2.47. The second-order valence-electron chi connectivity index (χ2n) is 19.5. The number of carbonyl (C=O) groups is 3. The van der Waals surface area contributed by atoms with Crippen molar-refractivity contribution in [2.24, 2.45) is 56.7 Å². The van der Waals surface area contributed by atoms with Gasteiger partial charge >= 0.3 is 11.9 Å². The molecule has 276 valence electrons. The van der Waals surface area contributed by atoms with E-state index in [-0.39, 0.29) is 52.5 Å². The molecule has 5 aliphatic carbocycles. The molecule has 4 fully saturated rings. The maximum atomic E-state index is 13.9. The lowest BCUT2D eigenvalue weighted by Crippen LogP contribution is -2.63. The van der Waals surface area contributed by atoms with Gasteiger partial charge in [0.15, 0.2) is 5.78 Å². The third-order valence-corrected chi connectivity index (χ3v) is 15.2. The van der Waals surface area contributed by atoms with Crippen molar-refractivity contribution in [2.45, 2.75) is 145 Å². The number of carbonyl (C=O) groups excluding carboxylic acids is 2. The van der Waals surface area contributed by atoms with Gasteiger partial charge in [0.1, 0.15) is 6.10 Å². The van der Waals surface area contributed by atoms with Crippen molar-refractivity contribution in [2.75, 3.05) is 6.54 Å². The van der Waals surface area contributed by atoms with Gasteiger partial charge in [-0.05, 0) is 121 Å². The second kappa shape index (κ2) is 13.5. The fraction of sp³-hybridized carbons (Fsp3) is 0.750. The average molecular weight is 688 g/mol. The highest BCUT2D eigenvalue weighted by molar-refractivity contribution is 6.00. The standard InChI is InChI=1S/C44H65NO5/c1-28(2)38-32(46)24-44(22-23-45-27-29-12-10-9-11-13-29)21-16-31-30(39(38)44)14-15-34-42(31,7)19-17-33-41(5,6)35(18-20-43(33,34)8)50-37(49)26-40(3,4)25-36(47)48/h9-13,28,30-31,33-35,45H,14-27H2,1-8H3,(H,47,48). The van der Waals surface area contributed by atoms with Crippen molar-refractivity contribution in [1.82, 2.24) is 5.32 Å². The quantitative estimate of drug-likeness (QED) is 0.178.